The van der Waals surface area contributed by atoms with Crippen molar-refractivity contribution in [3.8, 4) is 0 Å². The van der Waals surface area contributed by atoms with E-state index >= 15 is 0 Å². The van der Waals surface area contributed by atoms with Crippen molar-refractivity contribution < 1.29 is 9.53 Å². The second kappa shape index (κ2) is 13.0. The minimum absolute atomic E-state index is 0.309. The molecule has 4 heteroatoms. The summed E-state index contributed by atoms with van der Waals surface area (Å²) in [5, 5.41) is 2.93. The Morgan fingerprint density at radius 3 is 1.76 bits per heavy atom. The van der Waals surface area contributed by atoms with Crippen LogP contribution in [0, 0.1) is 0 Å². The SMILES string of the molecule is CCC[CH2][Sn](/[CH]=C(\C)CNC(=O)OC(C)(C)C)([CH2]CCC)[CH2]CCC. The molecule has 0 atom stereocenters. The fourth-order valence-corrected chi connectivity index (χ4v) is 19.0. The topological polar surface area (TPSA) is 38.3 Å². The van der Waals surface area contributed by atoms with E-state index in [9.17, 15) is 4.79 Å². The maximum atomic E-state index is 11.9. The predicted octanol–water partition coefficient (Wildman–Crippen LogP) is 6.85. The number of amides is 1. The van der Waals surface area contributed by atoms with Gasteiger partial charge in [-0.2, -0.15) is 0 Å². The Bertz CT molecular complexity index is 377. The Morgan fingerprint density at radius 1 is 0.960 bits per heavy atom. The van der Waals surface area contributed by atoms with Crippen molar-refractivity contribution in [1.82, 2.24) is 5.32 Å². The van der Waals surface area contributed by atoms with Crippen molar-refractivity contribution in [3.63, 3.8) is 0 Å². The molecular formula is C21H43NO2Sn. The molecule has 0 aliphatic heterocycles. The molecule has 1 amide bonds. The van der Waals surface area contributed by atoms with Crippen LogP contribution in [0.4, 0.5) is 4.79 Å². The summed E-state index contributed by atoms with van der Waals surface area (Å²) in [7, 11) is 0. The molecule has 0 spiro atoms. The first kappa shape index (κ1) is 24.8. The Kier molecular flexibility index (Phi) is 12.9. The van der Waals surface area contributed by atoms with E-state index in [1.807, 2.05) is 20.8 Å². The van der Waals surface area contributed by atoms with Crippen molar-refractivity contribution >= 4 is 24.5 Å². The van der Waals surface area contributed by atoms with Crippen LogP contribution in [0.25, 0.3) is 0 Å². The van der Waals surface area contributed by atoms with Gasteiger partial charge in [0, 0.05) is 0 Å². The van der Waals surface area contributed by atoms with Crippen LogP contribution >= 0.6 is 0 Å². The van der Waals surface area contributed by atoms with Crippen molar-refractivity contribution in [2.45, 2.75) is 106 Å². The molecule has 25 heavy (non-hydrogen) atoms. The summed E-state index contributed by atoms with van der Waals surface area (Å²) in [5.74, 6) is 0. The second-order valence-electron chi connectivity index (χ2n) is 8.52. The van der Waals surface area contributed by atoms with Crippen LogP contribution in [0.2, 0.25) is 13.3 Å². The molecule has 1 N–H and O–H groups in total. The Balaban J connectivity index is 5.00. The van der Waals surface area contributed by atoms with Crippen LogP contribution in [-0.4, -0.2) is 36.6 Å². The number of carbonyl (C=O) groups is 1. The van der Waals surface area contributed by atoms with E-state index < -0.39 is 24.0 Å². The molecule has 0 bridgehead atoms. The van der Waals surface area contributed by atoms with Crippen molar-refractivity contribution in [2.24, 2.45) is 0 Å². The van der Waals surface area contributed by atoms with Crippen LogP contribution < -0.4 is 5.32 Å². The van der Waals surface area contributed by atoms with E-state index in [1.54, 1.807) is 0 Å². The van der Waals surface area contributed by atoms with Crippen LogP contribution in [0.5, 0.6) is 0 Å². The van der Waals surface area contributed by atoms with E-state index in [0.29, 0.717) is 6.54 Å². The average Bonchev–Trinajstić information content (AvgIpc) is 2.52. The minimum atomic E-state index is -2.26. The summed E-state index contributed by atoms with van der Waals surface area (Å²) >= 11 is -2.26. The molecule has 0 rings (SSSR count). The molecule has 0 aromatic rings. The average molecular weight is 460 g/mol. The zero-order valence-corrected chi connectivity index (χ0v) is 20.8. The van der Waals surface area contributed by atoms with E-state index in [-0.39, 0.29) is 6.09 Å². The third-order valence-corrected chi connectivity index (χ3v) is 19.3. The summed E-state index contributed by atoms with van der Waals surface area (Å²) in [4.78, 5) is 11.9. The van der Waals surface area contributed by atoms with E-state index in [2.05, 4.69) is 37.1 Å². The summed E-state index contributed by atoms with van der Waals surface area (Å²) < 4.78 is 12.4. The van der Waals surface area contributed by atoms with Crippen molar-refractivity contribution in [1.29, 1.82) is 0 Å². The number of carbonyl (C=O) groups excluding carboxylic acids is 1. The number of alkyl carbamates (subject to hydrolysis) is 1. The number of hydrogen-bond donors (Lipinski definition) is 1. The maximum absolute atomic E-state index is 11.9. The predicted molar refractivity (Wildman–Crippen MR) is 113 cm³/mol. The zero-order chi connectivity index (χ0) is 19.3. The number of unbranched alkanes of at least 4 members (excludes halogenated alkanes) is 3. The van der Waals surface area contributed by atoms with Gasteiger partial charge in [-0.3, -0.25) is 0 Å². The van der Waals surface area contributed by atoms with E-state index in [0.717, 1.165) is 0 Å². The van der Waals surface area contributed by atoms with Gasteiger partial charge < -0.3 is 0 Å². The van der Waals surface area contributed by atoms with Crippen LogP contribution in [0.15, 0.2) is 9.67 Å². The molecule has 0 radical (unpaired) electrons. The monoisotopic (exact) mass is 461 g/mol. The quantitative estimate of drug-likeness (QED) is 0.324. The van der Waals surface area contributed by atoms with Gasteiger partial charge in [-0.05, 0) is 0 Å². The molecular weight excluding hydrogens is 417 g/mol. The first-order valence-electron chi connectivity index (χ1n) is 10.3. The summed E-state index contributed by atoms with van der Waals surface area (Å²) in [6, 6.07) is 0. The summed E-state index contributed by atoms with van der Waals surface area (Å²) in [5.41, 5.74) is 0.901. The normalized spacial score (nSPS) is 13.0. The van der Waals surface area contributed by atoms with Gasteiger partial charge in [-0.25, -0.2) is 0 Å². The second-order valence-corrected chi connectivity index (χ2v) is 21.4. The van der Waals surface area contributed by atoms with Gasteiger partial charge in [0.2, 0.25) is 0 Å². The molecule has 0 fully saturated rings. The molecule has 0 unspecified atom stereocenters. The van der Waals surface area contributed by atoms with E-state index in [1.165, 1.54) is 57.4 Å². The molecule has 0 saturated carbocycles. The van der Waals surface area contributed by atoms with Gasteiger partial charge in [0.15, 0.2) is 0 Å². The van der Waals surface area contributed by atoms with Crippen LogP contribution in [0.3, 0.4) is 0 Å². The fraction of sp³-hybridized carbons (Fsp3) is 0.857. The van der Waals surface area contributed by atoms with Gasteiger partial charge in [-0.1, -0.05) is 0 Å². The Labute approximate surface area is 161 Å². The fourth-order valence-electron chi connectivity index (χ4n) is 3.28. The Hall–Kier alpha value is -0.191. The van der Waals surface area contributed by atoms with Gasteiger partial charge >= 0.3 is 161 Å². The molecule has 0 saturated heterocycles. The van der Waals surface area contributed by atoms with Gasteiger partial charge in [0.1, 0.15) is 0 Å². The molecule has 148 valence electrons. The number of hydrogen-bond acceptors (Lipinski definition) is 2. The molecule has 0 aromatic carbocycles. The molecule has 3 nitrogen and oxygen atoms in total. The zero-order valence-electron chi connectivity index (χ0n) is 18.0. The van der Waals surface area contributed by atoms with Crippen LogP contribution in [0.1, 0.15) is 87.0 Å². The third kappa shape index (κ3) is 12.7. The molecule has 0 heterocycles. The number of ether oxygens (including phenoxy) is 1. The first-order chi connectivity index (χ1) is 11.7. The summed E-state index contributed by atoms with van der Waals surface area (Å²) in [6.07, 6.45) is 7.67. The van der Waals surface area contributed by atoms with Gasteiger partial charge in [0.25, 0.3) is 0 Å². The van der Waals surface area contributed by atoms with Crippen molar-refractivity contribution in [2.75, 3.05) is 6.54 Å². The molecule has 0 aliphatic rings. The number of nitrogens with one attached hydrogen (secondary N) is 1. The van der Waals surface area contributed by atoms with Gasteiger partial charge in [-0.15, -0.1) is 0 Å². The van der Waals surface area contributed by atoms with Crippen molar-refractivity contribution in [3.05, 3.63) is 9.67 Å². The van der Waals surface area contributed by atoms with E-state index in [4.69, 9.17) is 4.74 Å². The number of rotatable bonds is 12. The van der Waals surface area contributed by atoms with Crippen LogP contribution in [-0.2, 0) is 4.74 Å². The summed E-state index contributed by atoms with van der Waals surface area (Å²) in [6.45, 7) is 15.4. The first-order valence-corrected chi connectivity index (χ1v) is 18.0. The van der Waals surface area contributed by atoms with Gasteiger partial charge in [0.05, 0.1) is 0 Å². The molecule has 0 aromatic heterocycles. The Morgan fingerprint density at radius 2 is 1.40 bits per heavy atom. The molecule has 0 aliphatic carbocycles. The third-order valence-electron chi connectivity index (χ3n) is 4.55. The standard InChI is InChI=1S/C9H16NO2.3C4H9.Sn/c1-7(2)6-10-8(11)12-9(3,4)5;3*1-3-4-2;/h1H,6H2,2-5H3,(H,10,11);3*1,3-4H2,2H3;.